The quantitative estimate of drug-likeness (QED) is 0.112. The lowest BCUT2D eigenvalue weighted by Crippen LogP contribution is -2.42. The van der Waals surface area contributed by atoms with E-state index < -0.39 is 6.04 Å². The van der Waals surface area contributed by atoms with Crippen molar-refractivity contribution in [1.82, 2.24) is 25.5 Å². The SMILES string of the molecule is CCCNCc1ncc(-c2ccc(-c3ccc(-c4cnc(CN(CCC)C(=O)C(NC(=O)CC)c5ccccc5)s4)cc3)cc2)s1. The summed E-state index contributed by atoms with van der Waals surface area (Å²) in [5, 5.41) is 8.31. The first-order chi connectivity index (χ1) is 22.5. The van der Waals surface area contributed by atoms with Gasteiger partial charge in [-0.25, -0.2) is 9.97 Å². The number of carbonyl (C=O) groups is 2. The molecule has 2 amide bonds. The van der Waals surface area contributed by atoms with Crippen LogP contribution in [-0.4, -0.2) is 39.8 Å². The van der Waals surface area contributed by atoms with Crippen LogP contribution in [0.15, 0.2) is 91.3 Å². The lowest BCUT2D eigenvalue weighted by Gasteiger charge is -2.27. The lowest BCUT2D eigenvalue weighted by molar-refractivity contribution is -0.137. The number of aromatic nitrogens is 2. The molecule has 0 bridgehead atoms. The Morgan fingerprint density at radius 1 is 0.739 bits per heavy atom. The van der Waals surface area contributed by atoms with Gasteiger partial charge in [-0.3, -0.25) is 9.59 Å². The second kappa shape index (κ2) is 16.4. The van der Waals surface area contributed by atoms with Crippen molar-refractivity contribution >= 4 is 34.5 Å². The van der Waals surface area contributed by atoms with E-state index in [4.69, 9.17) is 0 Å². The van der Waals surface area contributed by atoms with Gasteiger partial charge in [-0.15, -0.1) is 22.7 Å². The number of rotatable bonds is 15. The van der Waals surface area contributed by atoms with Gasteiger partial charge in [-0.2, -0.15) is 0 Å². The van der Waals surface area contributed by atoms with Crippen molar-refractivity contribution in [2.24, 2.45) is 0 Å². The van der Waals surface area contributed by atoms with Crippen LogP contribution in [0, 0.1) is 0 Å². The van der Waals surface area contributed by atoms with Crippen LogP contribution in [0.25, 0.3) is 32.0 Å². The van der Waals surface area contributed by atoms with E-state index in [1.807, 2.05) is 49.6 Å². The first-order valence-electron chi connectivity index (χ1n) is 15.9. The summed E-state index contributed by atoms with van der Waals surface area (Å²) in [6.07, 6.45) is 6.08. The number of benzene rings is 3. The normalized spacial score (nSPS) is 11.7. The fourth-order valence-electron chi connectivity index (χ4n) is 5.15. The summed E-state index contributed by atoms with van der Waals surface area (Å²) in [5.74, 6) is -0.277. The number of hydrogen-bond acceptors (Lipinski definition) is 7. The molecule has 5 aromatic rings. The van der Waals surface area contributed by atoms with Gasteiger partial charge in [0.15, 0.2) is 0 Å². The van der Waals surface area contributed by atoms with Gasteiger partial charge in [0.25, 0.3) is 0 Å². The van der Waals surface area contributed by atoms with Crippen molar-refractivity contribution in [2.75, 3.05) is 13.1 Å². The van der Waals surface area contributed by atoms with Gasteiger partial charge < -0.3 is 15.5 Å². The van der Waals surface area contributed by atoms with Gasteiger partial charge in [0.1, 0.15) is 16.1 Å². The average Bonchev–Trinajstić information content (AvgIpc) is 3.77. The van der Waals surface area contributed by atoms with Crippen molar-refractivity contribution in [2.45, 2.75) is 59.2 Å². The number of carbonyl (C=O) groups excluding carboxylic acids is 2. The molecular weight excluding hydrogens is 611 g/mol. The summed E-state index contributed by atoms with van der Waals surface area (Å²) >= 11 is 3.32. The van der Waals surface area contributed by atoms with Crippen LogP contribution in [0.5, 0.6) is 0 Å². The second-order valence-corrected chi connectivity index (χ2v) is 13.3. The highest BCUT2D eigenvalue weighted by atomic mass is 32.1. The summed E-state index contributed by atoms with van der Waals surface area (Å²) in [4.78, 5) is 39.4. The number of nitrogens with zero attached hydrogens (tertiary/aromatic N) is 3. The molecule has 238 valence electrons. The lowest BCUT2D eigenvalue weighted by atomic mass is 10.0. The minimum Gasteiger partial charge on any atom is -0.341 e. The van der Waals surface area contributed by atoms with Gasteiger partial charge in [-0.1, -0.05) is 99.6 Å². The molecule has 2 N–H and O–H groups in total. The van der Waals surface area contributed by atoms with Gasteiger partial charge >= 0.3 is 0 Å². The monoisotopic (exact) mass is 651 g/mol. The number of hydrogen-bond donors (Lipinski definition) is 2. The topological polar surface area (TPSA) is 87.2 Å². The maximum atomic E-state index is 13.8. The molecule has 1 atom stereocenters. The fraction of sp³-hybridized carbons (Fsp3) is 0.297. The molecule has 0 aliphatic carbocycles. The highest BCUT2D eigenvalue weighted by molar-refractivity contribution is 7.15. The van der Waals surface area contributed by atoms with Crippen molar-refractivity contribution in [3.05, 3.63) is 107 Å². The molecule has 2 aromatic heterocycles. The molecule has 0 saturated carbocycles. The van der Waals surface area contributed by atoms with Crippen LogP contribution >= 0.6 is 22.7 Å². The molecule has 0 radical (unpaired) electrons. The highest BCUT2D eigenvalue weighted by Crippen LogP contribution is 2.32. The maximum Gasteiger partial charge on any atom is 0.250 e. The molecule has 0 fully saturated rings. The molecule has 9 heteroatoms. The zero-order valence-electron chi connectivity index (χ0n) is 26.7. The first kappa shape index (κ1) is 33.2. The molecule has 7 nitrogen and oxygen atoms in total. The summed E-state index contributed by atoms with van der Waals surface area (Å²) in [6.45, 7) is 8.79. The van der Waals surface area contributed by atoms with Gasteiger partial charge in [0.2, 0.25) is 11.8 Å². The predicted molar refractivity (Wildman–Crippen MR) is 189 cm³/mol. The molecular formula is C37H41N5O2S2. The number of nitrogens with one attached hydrogen (secondary N) is 2. The largest absolute Gasteiger partial charge is 0.341 e. The van der Waals surface area contributed by atoms with E-state index in [1.165, 1.54) is 10.4 Å². The van der Waals surface area contributed by atoms with E-state index in [-0.39, 0.29) is 11.8 Å². The van der Waals surface area contributed by atoms with Crippen LogP contribution in [0.3, 0.4) is 0 Å². The standard InChI is InChI=1S/C37H41N5O2S2/c1-4-20-38-24-34-39-22-31(45-34)28-16-12-26(13-17-28)27-14-18-29(19-15-27)32-23-40-35(46-32)25-42(21-5-2)37(44)36(41-33(43)6-3)30-10-8-7-9-11-30/h7-19,22-23,36,38H,4-6,20-21,24-25H2,1-3H3,(H,41,43). The van der Waals surface area contributed by atoms with E-state index in [0.717, 1.165) is 63.1 Å². The van der Waals surface area contributed by atoms with Gasteiger partial charge in [-0.05, 0) is 47.2 Å². The van der Waals surface area contributed by atoms with E-state index in [0.29, 0.717) is 19.5 Å². The fourth-order valence-corrected chi connectivity index (χ4v) is 6.98. The summed E-state index contributed by atoms with van der Waals surface area (Å²) in [5.41, 5.74) is 5.35. The summed E-state index contributed by atoms with van der Waals surface area (Å²) < 4.78 is 0. The predicted octanol–water partition coefficient (Wildman–Crippen LogP) is 8.11. The highest BCUT2D eigenvalue weighted by Gasteiger charge is 2.27. The van der Waals surface area contributed by atoms with Gasteiger partial charge in [0, 0.05) is 31.9 Å². The third kappa shape index (κ3) is 8.54. The molecule has 2 heterocycles. The Labute approximate surface area is 279 Å². The Kier molecular flexibility index (Phi) is 11.8. The van der Waals surface area contributed by atoms with E-state index in [2.05, 4.69) is 76.1 Å². The Balaban J connectivity index is 1.25. The molecule has 0 aliphatic rings. The molecule has 1 unspecified atom stereocenters. The molecule has 0 spiro atoms. The average molecular weight is 652 g/mol. The number of amides is 2. The van der Waals surface area contributed by atoms with E-state index in [9.17, 15) is 9.59 Å². The van der Waals surface area contributed by atoms with Crippen molar-refractivity contribution in [3.63, 3.8) is 0 Å². The minimum atomic E-state index is -0.728. The molecule has 0 saturated heterocycles. The smallest absolute Gasteiger partial charge is 0.250 e. The van der Waals surface area contributed by atoms with E-state index in [1.54, 1.807) is 34.5 Å². The summed E-state index contributed by atoms with van der Waals surface area (Å²) in [7, 11) is 0. The van der Waals surface area contributed by atoms with Crippen LogP contribution in [-0.2, 0) is 22.7 Å². The second-order valence-electron chi connectivity index (χ2n) is 11.1. The third-order valence-electron chi connectivity index (χ3n) is 7.62. The van der Waals surface area contributed by atoms with Crippen LogP contribution in [0.4, 0.5) is 0 Å². The summed E-state index contributed by atoms with van der Waals surface area (Å²) in [6, 6.07) is 25.9. The minimum absolute atomic E-state index is 0.123. The van der Waals surface area contributed by atoms with Gasteiger partial charge in [0.05, 0.1) is 16.3 Å². The van der Waals surface area contributed by atoms with Crippen LogP contribution < -0.4 is 10.6 Å². The molecule has 0 aliphatic heterocycles. The first-order valence-corrected chi connectivity index (χ1v) is 17.6. The zero-order valence-corrected chi connectivity index (χ0v) is 28.3. The van der Waals surface area contributed by atoms with Crippen LogP contribution in [0.2, 0.25) is 0 Å². The van der Waals surface area contributed by atoms with Crippen molar-refractivity contribution in [1.29, 1.82) is 0 Å². The molecule has 3 aromatic carbocycles. The van der Waals surface area contributed by atoms with Crippen molar-refractivity contribution in [3.8, 4) is 32.0 Å². The Bertz CT molecular complexity index is 1700. The maximum absolute atomic E-state index is 13.8. The third-order valence-corrected chi connectivity index (χ3v) is 9.70. The zero-order chi connectivity index (χ0) is 32.3. The van der Waals surface area contributed by atoms with Crippen molar-refractivity contribution < 1.29 is 9.59 Å². The number of thiazole rings is 2. The molecule has 5 rings (SSSR count). The Morgan fingerprint density at radius 2 is 1.30 bits per heavy atom. The Morgan fingerprint density at radius 3 is 1.87 bits per heavy atom. The molecule has 46 heavy (non-hydrogen) atoms. The Hall–Kier alpha value is -4.18. The van der Waals surface area contributed by atoms with E-state index >= 15 is 0 Å². The van der Waals surface area contributed by atoms with Crippen LogP contribution in [0.1, 0.15) is 61.7 Å².